The molecule has 0 aliphatic heterocycles. The fourth-order valence-corrected chi connectivity index (χ4v) is 3.70. The lowest BCUT2D eigenvalue weighted by atomic mass is 10.1. The van der Waals surface area contributed by atoms with Crippen molar-refractivity contribution < 1.29 is 4.74 Å². The van der Waals surface area contributed by atoms with Gasteiger partial charge in [0.15, 0.2) is 0 Å². The predicted molar refractivity (Wildman–Crippen MR) is 98.9 cm³/mol. The van der Waals surface area contributed by atoms with Crippen molar-refractivity contribution in [3.63, 3.8) is 0 Å². The zero-order valence-corrected chi connectivity index (χ0v) is 14.9. The third kappa shape index (κ3) is 3.20. The van der Waals surface area contributed by atoms with E-state index in [0.717, 1.165) is 40.6 Å². The van der Waals surface area contributed by atoms with E-state index in [2.05, 4.69) is 28.7 Å². The van der Waals surface area contributed by atoms with Gasteiger partial charge in [-0.05, 0) is 30.8 Å². The van der Waals surface area contributed by atoms with E-state index < -0.39 is 0 Å². The molecule has 5 nitrogen and oxygen atoms in total. The number of nitrogens with one attached hydrogen (secondary N) is 1. The van der Waals surface area contributed by atoms with Gasteiger partial charge in [-0.2, -0.15) is 0 Å². The van der Waals surface area contributed by atoms with Crippen molar-refractivity contribution in [2.45, 2.75) is 20.4 Å². The molecule has 0 spiro atoms. The van der Waals surface area contributed by atoms with Gasteiger partial charge in [-0.3, -0.25) is 9.69 Å². The second-order valence-electron chi connectivity index (χ2n) is 5.54. The molecule has 24 heavy (non-hydrogen) atoms. The zero-order valence-electron chi connectivity index (χ0n) is 14.1. The first-order chi connectivity index (χ1) is 11.7. The van der Waals surface area contributed by atoms with Crippen molar-refractivity contribution in [2.24, 2.45) is 0 Å². The van der Waals surface area contributed by atoms with Crippen LogP contribution in [0.5, 0.6) is 5.75 Å². The third-order valence-electron chi connectivity index (χ3n) is 4.14. The van der Waals surface area contributed by atoms with Crippen molar-refractivity contribution in [3.8, 4) is 16.9 Å². The van der Waals surface area contributed by atoms with E-state index in [1.54, 1.807) is 7.11 Å². The number of fused-ring (bicyclic) bond motifs is 1. The van der Waals surface area contributed by atoms with Crippen molar-refractivity contribution in [1.82, 2.24) is 14.9 Å². The fourth-order valence-electron chi connectivity index (χ4n) is 2.73. The molecule has 6 heteroatoms. The Morgan fingerprint density at radius 3 is 2.79 bits per heavy atom. The van der Waals surface area contributed by atoms with Crippen LogP contribution < -0.4 is 10.3 Å². The van der Waals surface area contributed by atoms with Gasteiger partial charge in [0.1, 0.15) is 16.4 Å². The maximum atomic E-state index is 12.6. The van der Waals surface area contributed by atoms with Crippen LogP contribution in [0.25, 0.3) is 21.3 Å². The topological polar surface area (TPSA) is 58.2 Å². The first kappa shape index (κ1) is 16.7. The second-order valence-corrected chi connectivity index (χ2v) is 6.39. The van der Waals surface area contributed by atoms with Gasteiger partial charge in [0, 0.05) is 10.9 Å². The van der Waals surface area contributed by atoms with E-state index in [1.807, 2.05) is 29.6 Å². The number of aromatic amines is 1. The van der Waals surface area contributed by atoms with E-state index in [1.165, 1.54) is 11.3 Å². The molecule has 2 heterocycles. The van der Waals surface area contributed by atoms with Crippen LogP contribution in [-0.2, 0) is 6.54 Å². The fraction of sp³-hybridized carbons (Fsp3) is 0.333. The normalized spacial score (nSPS) is 11.3. The predicted octanol–water partition coefficient (Wildman–Crippen LogP) is 3.50. The standard InChI is InChI=1S/C18H21N3O2S/c1-4-21(5-2)10-15-19-17(22)16-14(11-24-18(16)20-15)12-7-6-8-13(9-12)23-3/h6-9,11H,4-5,10H2,1-3H3,(H,19,20,22). The molecule has 2 aromatic heterocycles. The first-order valence-electron chi connectivity index (χ1n) is 8.03. The summed E-state index contributed by atoms with van der Waals surface area (Å²) in [6.45, 7) is 6.72. The number of benzene rings is 1. The minimum Gasteiger partial charge on any atom is -0.497 e. The van der Waals surface area contributed by atoms with Crippen LogP contribution in [0.2, 0.25) is 0 Å². The maximum Gasteiger partial charge on any atom is 0.260 e. The molecule has 0 aliphatic carbocycles. The number of methoxy groups -OCH3 is 1. The number of aromatic nitrogens is 2. The average molecular weight is 343 g/mol. The molecule has 0 radical (unpaired) electrons. The number of ether oxygens (including phenoxy) is 1. The SMILES string of the molecule is CCN(CC)Cc1nc2scc(-c3cccc(OC)c3)c2c(=O)[nH]1. The largest absolute Gasteiger partial charge is 0.497 e. The second kappa shape index (κ2) is 7.15. The molecule has 0 bridgehead atoms. The summed E-state index contributed by atoms with van der Waals surface area (Å²) in [5.74, 6) is 1.49. The Balaban J connectivity index is 2.05. The van der Waals surface area contributed by atoms with Crippen molar-refractivity contribution >= 4 is 21.6 Å². The average Bonchev–Trinajstić information content (AvgIpc) is 3.04. The first-order valence-corrected chi connectivity index (χ1v) is 8.91. The molecule has 0 unspecified atom stereocenters. The Hall–Kier alpha value is -2.18. The van der Waals surface area contributed by atoms with Gasteiger partial charge in [-0.1, -0.05) is 26.0 Å². The van der Waals surface area contributed by atoms with Crippen LogP contribution in [0.15, 0.2) is 34.4 Å². The zero-order chi connectivity index (χ0) is 17.1. The summed E-state index contributed by atoms with van der Waals surface area (Å²) in [4.78, 5) is 23.2. The van der Waals surface area contributed by atoms with E-state index in [9.17, 15) is 4.79 Å². The molecule has 126 valence electrons. The van der Waals surface area contributed by atoms with Gasteiger partial charge in [0.25, 0.3) is 5.56 Å². The van der Waals surface area contributed by atoms with Crippen LogP contribution in [-0.4, -0.2) is 35.1 Å². The van der Waals surface area contributed by atoms with Gasteiger partial charge in [0.2, 0.25) is 0 Å². The Morgan fingerprint density at radius 1 is 1.29 bits per heavy atom. The molecule has 3 rings (SSSR count). The highest BCUT2D eigenvalue weighted by molar-refractivity contribution is 7.17. The number of thiophene rings is 1. The molecule has 3 aromatic rings. The lowest BCUT2D eigenvalue weighted by Crippen LogP contribution is -2.25. The Morgan fingerprint density at radius 2 is 2.08 bits per heavy atom. The Bertz CT molecular complexity index is 897. The molecular weight excluding hydrogens is 322 g/mol. The number of H-pyrrole nitrogens is 1. The maximum absolute atomic E-state index is 12.6. The summed E-state index contributed by atoms with van der Waals surface area (Å²) in [5.41, 5.74) is 1.78. The highest BCUT2D eigenvalue weighted by Gasteiger charge is 2.14. The molecule has 0 amide bonds. The summed E-state index contributed by atoms with van der Waals surface area (Å²) >= 11 is 1.50. The van der Waals surface area contributed by atoms with E-state index >= 15 is 0 Å². The van der Waals surface area contributed by atoms with Crippen LogP contribution in [0.1, 0.15) is 19.7 Å². The van der Waals surface area contributed by atoms with Crippen molar-refractivity contribution in [3.05, 3.63) is 45.8 Å². The van der Waals surface area contributed by atoms with E-state index in [0.29, 0.717) is 11.9 Å². The van der Waals surface area contributed by atoms with E-state index in [-0.39, 0.29) is 5.56 Å². The quantitative estimate of drug-likeness (QED) is 0.744. The number of rotatable bonds is 6. The lowest BCUT2D eigenvalue weighted by molar-refractivity contribution is 0.288. The van der Waals surface area contributed by atoms with E-state index in [4.69, 9.17) is 4.74 Å². The summed E-state index contributed by atoms with van der Waals surface area (Å²) in [6.07, 6.45) is 0. The Kier molecular flexibility index (Phi) is 4.97. The smallest absolute Gasteiger partial charge is 0.260 e. The lowest BCUT2D eigenvalue weighted by Gasteiger charge is -2.16. The minimum atomic E-state index is -0.0822. The van der Waals surface area contributed by atoms with Gasteiger partial charge < -0.3 is 9.72 Å². The van der Waals surface area contributed by atoms with Crippen LogP contribution in [0.4, 0.5) is 0 Å². The van der Waals surface area contributed by atoms with Gasteiger partial charge in [-0.25, -0.2) is 4.98 Å². The van der Waals surface area contributed by atoms with Crippen molar-refractivity contribution in [1.29, 1.82) is 0 Å². The van der Waals surface area contributed by atoms with Crippen LogP contribution >= 0.6 is 11.3 Å². The molecule has 1 N–H and O–H groups in total. The molecule has 1 aromatic carbocycles. The molecule has 0 saturated carbocycles. The number of hydrogen-bond donors (Lipinski definition) is 1. The highest BCUT2D eigenvalue weighted by atomic mass is 32.1. The Labute approximate surface area is 144 Å². The van der Waals surface area contributed by atoms with Crippen molar-refractivity contribution in [2.75, 3.05) is 20.2 Å². The summed E-state index contributed by atoms with van der Waals surface area (Å²) in [7, 11) is 1.64. The minimum absolute atomic E-state index is 0.0822. The highest BCUT2D eigenvalue weighted by Crippen LogP contribution is 2.32. The van der Waals surface area contributed by atoms with Crippen LogP contribution in [0, 0.1) is 0 Å². The summed E-state index contributed by atoms with van der Waals surface area (Å²) in [5, 5.41) is 2.64. The monoisotopic (exact) mass is 343 g/mol. The van der Waals surface area contributed by atoms with Gasteiger partial charge >= 0.3 is 0 Å². The van der Waals surface area contributed by atoms with Gasteiger partial charge in [-0.15, -0.1) is 11.3 Å². The molecule has 0 aliphatic rings. The molecule has 0 saturated heterocycles. The summed E-state index contributed by atoms with van der Waals surface area (Å²) in [6, 6.07) is 7.73. The number of hydrogen-bond acceptors (Lipinski definition) is 5. The molecular formula is C18H21N3O2S. The van der Waals surface area contributed by atoms with Crippen LogP contribution in [0.3, 0.4) is 0 Å². The summed E-state index contributed by atoms with van der Waals surface area (Å²) < 4.78 is 5.28. The van der Waals surface area contributed by atoms with Gasteiger partial charge in [0.05, 0.1) is 19.0 Å². The third-order valence-corrected chi connectivity index (χ3v) is 5.01. The molecule has 0 fully saturated rings. The number of nitrogens with zero attached hydrogens (tertiary/aromatic N) is 2. The molecule has 0 atom stereocenters.